The molecule has 2 rings (SSSR count). The van der Waals surface area contributed by atoms with Crippen molar-refractivity contribution in [3.63, 3.8) is 0 Å². The molecule has 0 saturated heterocycles. The average Bonchev–Trinajstić information content (AvgIpc) is 2.86. The van der Waals surface area contributed by atoms with E-state index in [9.17, 15) is 4.39 Å². The molecule has 0 unspecified atom stereocenters. The van der Waals surface area contributed by atoms with Crippen molar-refractivity contribution in [1.29, 1.82) is 0 Å². The van der Waals surface area contributed by atoms with Gasteiger partial charge in [-0.3, -0.25) is 0 Å². The van der Waals surface area contributed by atoms with Crippen molar-refractivity contribution in [2.75, 3.05) is 16.4 Å². The van der Waals surface area contributed by atoms with Gasteiger partial charge in [0.25, 0.3) is 0 Å². The molecule has 0 atom stereocenters. The SMILES string of the molecule is C=CCSc1nnc(NC(=S)Nc2ccc(F)cc2)s1. The number of hydrogen-bond acceptors (Lipinski definition) is 5. The minimum absolute atomic E-state index is 0.289. The second-order valence-electron chi connectivity index (χ2n) is 3.56. The van der Waals surface area contributed by atoms with E-state index in [-0.39, 0.29) is 5.82 Å². The number of halogens is 1. The fourth-order valence-corrected chi connectivity index (χ4v) is 3.04. The normalized spacial score (nSPS) is 10.1. The maximum atomic E-state index is 12.8. The summed E-state index contributed by atoms with van der Waals surface area (Å²) in [4.78, 5) is 0. The Morgan fingerprint density at radius 3 is 2.80 bits per heavy atom. The van der Waals surface area contributed by atoms with Crippen LogP contribution in [0.15, 0.2) is 41.3 Å². The highest BCUT2D eigenvalue weighted by Gasteiger charge is 2.06. The first-order chi connectivity index (χ1) is 9.67. The predicted octanol–water partition coefficient (Wildman–Crippen LogP) is 3.76. The Hall–Kier alpha value is -1.51. The lowest BCUT2D eigenvalue weighted by molar-refractivity contribution is 0.628. The van der Waals surface area contributed by atoms with E-state index in [0.29, 0.717) is 15.9 Å². The van der Waals surface area contributed by atoms with E-state index in [4.69, 9.17) is 12.2 Å². The number of aromatic nitrogens is 2. The highest BCUT2D eigenvalue weighted by atomic mass is 32.2. The number of nitrogens with one attached hydrogen (secondary N) is 2. The Kier molecular flexibility index (Phi) is 5.45. The van der Waals surface area contributed by atoms with E-state index < -0.39 is 0 Å². The first-order valence-corrected chi connectivity index (χ1v) is 7.79. The van der Waals surface area contributed by atoms with Crippen LogP contribution in [-0.4, -0.2) is 21.1 Å². The lowest BCUT2D eigenvalue weighted by Gasteiger charge is -2.07. The second-order valence-corrected chi connectivity index (χ2v) is 6.21. The van der Waals surface area contributed by atoms with Crippen LogP contribution in [-0.2, 0) is 0 Å². The quantitative estimate of drug-likeness (QED) is 0.496. The molecule has 2 aromatic rings. The summed E-state index contributed by atoms with van der Waals surface area (Å²) in [6, 6.07) is 5.93. The van der Waals surface area contributed by atoms with Gasteiger partial charge in [-0.2, -0.15) is 0 Å². The van der Waals surface area contributed by atoms with E-state index in [2.05, 4.69) is 27.4 Å². The highest BCUT2D eigenvalue weighted by Crippen LogP contribution is 2.25. The molecule has 1 heterocycles. The summed E-state index contributed by atoms with van der Waals surface area (Å²) in [7, 11) is 0. The number of anilines is 2. The van der Waals surface area contributed by atoms with Crippen LogP contribution >= 0.6 is 35.3 Å². The molecule has 0 amide bonds. The molecule has 0 bridgehead atoms. The van der Waals surface area contributed by atoms with E-state index in [1.54, 1.807) is 30.0 Å². The molecule has 0 aliphatic rings. The molecule has 0 fully saturated rings. The van der Waals surface area contributed by atoms with Gasteiger partial charge in [0.2, 0.25) is 5.13 Å². The van der Waals surface area contributed by atoms with Crippen LogP contribution in [0.4, 0.5) is 15.2 Å². The number of rotatable bonds is 5. The van der Waals surface area contributed by atoms with E-state index >= 15 is 0 Å². The molecule has 0 radical (unpaired) electrons. The Bertz CT molecular complexity index is 597. The predicted molar refractivity (Wildman–Crippen MR) is 87.1 cm³/mol. The standard InChI is InChI=1S/C12H11FN4S3/c1-2-7-19-12-17-16-11(20-12)15-10(18)14-9-5-3-8(13)4-6-9/h2-6H,1,7H2,(H2,14,15,16,18). The molecule has 0 spiro atoms. The van der Waals surface area contributed by atoms with Gasteiger partial charge in [0.15, 0.2) is 9.45 Å². The number of hydrogen-bond donors (Lipinski definition) is 2. The number of nitrogens with zero attached hydrogens (tertiary/aromatic N) is 2. The molecular formula is C12H11FN4S3. The summed E-state index contributed by atoms with van der Waals surface area (Å²) < 4.78 is 13.6. The van der Waals surface area contributed by atoms with Crippen LogP contribution in [0.2, 0.25) is 0 Å². The summed E-state index contributed by atoms with van der Waals surface area (Å²) in [6.45, 7) is 3.65. The second kappa shape index (κ2) is 7.32. The summed E-state index contributed by atoms with van der Waals surface area (Å²) >= 11 is 8.11. The van der Waals surface area contributed by atoms with Gasteiger partial charge in [-0.25, -0.2) is 4.39 Å². The van der Waals surface area contributed by atoms with Gasteiger partial charge in [0.05, 0.1) is 0 Å². The summed E-state index contributed by atoms with van der Waals surface area (Å²) in [5, 5.41) is 14.9. The molecule has 0 saturated carbocycles. The van der Waals surface area contributed by atoms with Crippen molar-refractivity contribution in [1.82, 2.24) is 10.2 Å². The van der Waals surface area contributed by atoms with E-state index in [1.807, 2.05) is 0 Å². The molecule has 1 aromatic carbocycles. The van der Waals surface area contributed by atoms with Crippen molar-refractivity contribution in [3.05, 3.63) is 42.7 Å². The zero-order valence-electron chi connectivity index (χ0n) is 10.3. The lowest BCUT2D eigenvalue weighted by atomic mass is 10.3. The third-order valence-electron chi connectivity index (χ3n) is 2.05. The van der Waals surface area contributed by atoms with Gasteiger partial charge in [-0.05, 0) is 36.5 Å². The molecule has 4 nitrogen and oxygen atoms in total. The first kappa shape index (κ1) is 14.9. The van der Waals surface area contributed by atoms with Crippen molar-refractivity contribution in [2.45, 2.75) is 4.34 Å². The van der Waals surface area contributed by atoms with Crippen LogP contribution in [0.5, 0.6) is 0 Å². The topological polar surface area (TPSA) is 49.8 Å². The Morgan fingerprint density at radius 2 is 2.10 bits per heavy atom. The smallest absolute Gasteiger partial charge is 0.212 e. The molecule has 20 heavy (non-hydrogen) atoms. The van der Waals surface area contributed by atoms with Crippen molar-refractivity contribution < 1.29 is 4.39 Å². The van der Waals surface area contributed by atoms with Crippen LogP contribution in [0.1, 0.15) is 0 Å². The van der Waals surface area contributed by atoms with Gasteiger partial charge in [0.1, 0.15) is 5.82 Å². The fraction of sp³-hybridized carbons (Fsp3) is 0.0833. The Labute approximate surface area is 129 Å². The summed E-state index contributed by atoms with van der Waals surface area (Å²) in [6.07, 6.45) is 1.81. The molecule has 8 heteroatoms. The zero-order chi connectivity index (χ0) is 14.4. The van der Waals surface area contributed by atoms with E-state index in [1.165, 1.54) is 23.5 Å². The van der Waals surface area contributed by atoms with Crippen molar-refractivity contribution >= 4 is 51.2 Å². The molecule has 1 aromatic heterocycles. The largest absolute Gasteiger partial charge is 0.332 e. The zero-order valence-corrected chi connectivity index (χ0v) is 12.7. The van der Waals surface area contributed by atoms with Crippen LogP contribution in [0.25, 0.3) is 0 Å². The Balaban J connectivity index is 1.89. The fourth-order valence-electron chi connectivity index (χ4n) is 1.24. The third-order valence-corrected chi connectivity index (χ3v) is 4.23. The van der Waals surface area contributed by atoms with Crippen LogP contribution in [0, 0.1) is 5.82 Å². The van der Waals surface area contributed by atoms with Gasteiger partial charge < -0.3 is 10.6 Å². The van der Waals surface area contributed by atoms with Gasteiger partial charge in [-0.1, -0.05) is 29.2 Å². The van der Waals surface area contributed by atoms with Gasteiger partial charge in [-0.15, -0.1) is 16.8 Å². The monoisotopic (exact) mass is 326 g/mol. The maximum absolute atomic E-state index is 12.8. The molecule has 0 aliphatic heterocycles. The van der Waals surface area contributed by atoms with Crippen molar-refractivity contribution in [3.8, 4) is 0 Å². The Morgan fingerprint density at radius 1 is 1.35 bits per heavy atom. The maximum Gasteiger partial charge on any atom is 0.212 e. The minimum Gasteiger partial charge on any atom is -0.332 e. The van der Waals surface area contributed by atoms with Gasteiger partial charge in [0, 0.05) is 11.4 Å². The third kappa shape index (κ3) is 4.55. The number of benzene rings is 1. The molecule has 2 N–H and O–H groups in total. The number of thioether (sulfide) groups is 1. The molecular weight excluding hydrogens is 315 g/mol. The highest BCUT2D eigenvalue weighted by molar-refractivity contribution is 8.01. The minimum atomic E-state index is -0.289. The summed E-state index contributed by atoms with van der Waals surface area (Å²) in [5.74, 6) is 0.495. The van der Waals surface area contributed by atoms with Crippen LogP contribution in [0.3, 0.4) is 0 Å². The first-order valence-electron chi connectivity index (χ1n) is 5.58. The van der Waals surface area contributed by atoms with Crippen LogP contribution < -0.4 is 10.6 Å². The average molecular weight is 326 g/mol. The van der Waals surface area contributed by atoms with Gasteiger partial charge >= 0.3 is 0 Å². The molecule has 104 valence electrons. The summed E-state index contributed by atoms with van der Waals surface area (Å²) in [5.41, 5.74) is 0.703. The molecule has 0 aliphatic carbocycles. The van der Waals surface area contributed by atoms with E-state index in [0.717, 1.165) is 10.1 Å². The van der Waals surface area contributed by atoms with Crippen molar-refractivity contribution in [2.24, 2.45) is 0 Å². The number of thiocarbonyl (C=S) groups is 1. The lowest BCUT2D eigenvalue weighted by Crippen LogP contribution is -2.18.